The SMILES string of the molecule is CC(NO)c1ccccc1C(=O)O. The molecule has 0 spiro atoms. The van der Waals surface area contributed by atoms with Crippen molar-refractivity contribution in [2.75, 3.05) is 0 Å². The van der Waals surface area contributed by atoms with E-state index in [1.807, 2.05) is 5.48 Å². The molecule has 4 heteroatoms. The topological polar surface area (TPSA) is 69.6 Å². The van der Waals surface area contributed by atoms with Crippen molar-refractivity contribution in [3.63, 3.8) is 0 Å². The zero-order valence-electron chi connectivity index (χ0n) is 7.19. The molecule has 0 saturated carbocycles. The number of aromatic carboxylic acids is 1. The van der Waals surface area contributed by atoms with Gasteiger partial charge in [-0.2, -0.15) is 5.48 Å². The number of rotatable bonds is 3. The van der Waals surface area contributed by atoms with Crippen LogP contribution in [0.4, 0.5) is 0 Å². The smallest absolute Gasteiger partial charge is 0.336 e. The summed E-state index contributed by atoms with van der Waals surface area (Å²) in [5.41, 5.74) is 2.79. The molecule has 1 atom stereocenters. The summed E-state index contributed by atoms with van der Waals surface area (Å²) in [4.78, 5) is 10.7. The van der Waals surface area contributed by atoms with Crippen LogP contribution in [0.1, 0.15) is 28.9 Å². The maximum atomic E-state index is 10.7. The van der Waals surface area contributed by atoms with Crippen LogP contribution in [-0.2, 0) is 0 Å². The van der Waals surface area contributed by atoms with Crippen LogP contribution in [0.25, 0.3) is 0 Å². The fourth-order valence-electron chi connectivity index (χ4n) is 1.14. The molecule has 0 saturated heterocycles. The Morgan fingerprint density at radius 1 is 1.46 bits per heavy atom. The summed E-state index contributed by atoms with van der Waals surface area (Å²) in [6.45, 7) is 1.68. The van der Waals surface area contributed by atoms with E-state index in [0.29, 0.717) is 5.56 Å². The first-order chi connectivity index (χ1) is 6.16. The van der Waals surface area contributed by atoms with Gasteiger partial charge in [-0.3, -0.25) is 0 Å². The maximum absolute atomic E-state index is 10.7. The lowest BCUT2D eigenvalue weighted by molar-refractivity contribution is 0.0692. The van der Waals surface area contributed by atoms with Crippen molar-refractivity contribution in [2.24, 2.45) is 0 Å². The van der Waals surface area contributed by atoms with E-state index in [0.717, 1.165) is 0 Å². The van der Waals surface area contributed by atoms with Crippen LogP contribution < -0.4 is 5.48 Å². The van der Waals surface area contributed by atoms with Crippen molar-refractivity contribution in [1.82, 2.24) is 5.48 Å². The Kier molecular flexibility index (Phi) is 3.00. The normalized spacial score (nSPS) is 12.5. The molecule has 0 bridgehead atoms. The standard InChI is InChI=1S/C9H11NO3/c1-6(10-13)7-4-2-3-5-8(7)9(11)12/h2-6,10,13H,1H3,(H,11,12). The van der Waals surface area contributed by atoms with E-state index < -0.39 is 5.97 Å². The molecule has 13 heavy (non-hydrogen) atoms. The number of carbonyl (C=O) groups is 1. The number of carboxylic acids is 1. The van der Waals surface area contributed by atoms with Gasteiger partial charge in [-0.25, -0.2) is 4.79 Å². The summed E-state index contributed by atoms with van der Waals surface area (Å²) in [5.74, 6) is -0.988. The van der Waals surface area contributed by atoms with Crippen LogP contribution in [0.3, 0.4) is 0 Å². The molecule has 1 aromatic carbocycles. The van der Waals surface area contributed by atoms with E-state index in [-0.39, 0.29) is 11.6 Å². The first kappa shape index (κ1) is 9.70. The summed E-state index contributed by atoms with van der Waals surface area (Å²) < 4.78 is 0. The molecular formula is C9H11NO3. The van der Waals surface area contributed by atoms with E-state index in [1.54, 1.807) is 25.1 Å². The Hall–Kier alpha value is -1.39. The molecular weight excluding hydrogens is 170 g/mol. The summed E-state index contributed by atoms with van der Waals surface area (Å²) >= 11 is 0. The highest BCUT2D eigenvalue weighted by molar-refractivity contribution is 5.89. The predicted molar refractivity (Wildman–Crippen MR) is 46.7 cm³/mol. The van der Waals surface area contributed by atoms with Gasteiger partial charge in [-0.05, 0) is 18.6 Å². The monoisotopic (exact) mass is 181 g/mol. The van der Waals surface area contributed by atoms with Gasteiger partial charge in [-0.1, -0.05) is 18.2 Å². The van der Waals surface area contributed by atoms with Crippen LogP contribution >= 0.6 is 0 Å². The Morgan fingerprint density at radius 3 is 2.62 bits per heavy atom. The van der Waals surface area contributed by atoms with Crippen LogP contribution in [0, 0.1) is 0 Å². The van der Waals surface area contributed by atoms with Gasteiger partial charge in [0.1, 0.15) is 0 Å². The second kappa shape index (κ2) is 4.02. The van der Waals surface area contributed by atoms with Gasteiger partial charge in [0.05, 0.1) is 11.6 Å². The van der Waals surface area contributed by atoms with Crippen molar-refractivity contribution >= 4 is 5.97 Å². The lowest BCUT2D eigenvalue weighted by Gasteiger charge is -2.11. The highest BCUT2D eigenvalue weighted by Gasteiger charge is 2.13. The van der Waals surface area contributed by atoms with Gasteiger partial charge in [0.2, 0.25) is 0 Å². The number of hydrogen-bond acceptors (Lipinski definition) is 3. The molecule has 0 fully saturated rings. The second-order valence-corrected chi connectivity index (χ2v) is 2.74. The lowest BCUT2D eigenvalue weighted by Crippen LogP contribution is -2.16. The third-order valence-electron chi connectivity index (χ3n) is 1.85. The number of hydrogen-bond donors (Lipinski definition) is 3. The van der Waals surface area contributed by atoms with Crippen LogP contribution in [0.5, 0.6) is 0 Å². The molecule has 1 aromatic rings. The van der Waals surface area contributed by atoms with Crippen molar-refractivity contribution < 1.29 is 15.1 Å². The van der Waals surface area contributed by atoms with Gasteiger partial charge < -0.3 is 10.3 Å². The van der Waals surface area contributed by atoms with Gasteiger partial charge >= 0.3 is 5.97 Å². The van der Waals surface area contributed by atoms with E-state index >= 15 is 0 Å². The fourth-order valence-corrected chi connectivity index (χ4v) is 1.14. The van der Waals surface area contributed by atoms with Crippen LogP contribution in [-0.4, -0.2) is 16.3 Å². The van der Waals surface area contributed by atoms with E-state index in [1.165, 1.54) is 6.07 Å². The third-order valence-corrected chi connectivity index (χ3v) is 1.85. The summed E-state index contributed by atoms with van der Waals surface area (Å²) in [7, 11) is 0. The zero-order valence-corrected chi connectivity index (χ0v) is 7.19. The number of benzene rings is 1. The summed E-state index contributed by atoms with van der Waals surface area (Å²) in [5, 5.41) is 17.5. The minimum absolute atomic E-state index is 0.205. The minimum Gasteiger partial charge on any atom is -0.478 e. The van der Waals surface area contributed by atoms with Crippen LogP contribution in [0.15, 0.2) is 24.3 Å². The van der Waals surface area contributed by atoms with E-state index in [4.69, 9.17) is 10.3 Å². The molecule has 3 N–H and O–H groups in total. The average Bonchev–Trinajstić information content (AvgIpc) is 2.16. The molecule has 0 amide bonds. The molecule has 0 aliphatic heterocycles. The third kappa shape index (κ3) is 2.05. The quantitative estimate of drug-likeness (QED) is 0.617. The van der Waals surface area contributed by atoms with E-state index in [9.17, 15) is 4.79 Å². The number of hydroxylamine groups is 1. The molecule has 0 aliphatic rings. The van der Waals surface area contributed by atoms with Gasteiger partial charge in [0, 0.05) is 0 Å². The highest BCUT2D eigenvalue weighted by Crippen LogP contribution is 2.16. The molecule has 0 heterocycles. The van der Waals surface area contributed by atoms with Crippen molar-refractivity contribution in [3.05, 3.63) is 35.4 Å². The van der Waals surface area contributed by atoms with Gasteiger partial charge in [-0.15, -0.1) is 0 Å². The fraction of sp³-hybridized carbons (Fsp3) is 0.222. The molecule has 0 aliphatic carbocycles. The maximum Gasteiger partial charge on any atom is 0.336 e. The Labute approximate surface area is 75.8 Å². The average molecular weight is 181 g/mol. The molecule has 1 rings (SSSR count). The number of carboxylic acid groups (broad SMARTS) is 1. The van der Waals surface area contributed by atoms with Crippen molar-refractivity contribution in [3.8, 4) is 0 Å². The van der Waals surface area contributed by atoms with E-state index in [2.05, 4.69) is 0 Å². The molecule has 4 nitrogen and oxygen atoms in total. The predicted octanol–water partition coefficient (Wildman–Crippen LogP) is 1.42. The molecule has 0 radical (unpaired) electrons. The molecule has 0 aromatic heterocycles. The zero-order chi connectivity index (χ0) is 9.84. The minimum atomic E-state index is -0.988. The first-order valence-electron chi connectivity index (χ1n) is 3.88. The van der Waals surface area contributed by atoms with Gasteiger partial charge in [0.25, 0.3) is 0 Å². The Morgan fingerprint density at radius 2 is 2.08 bits per heavy atom. The molecule has 1 unspecified atom stereocenters. The largest absolute Gasteiger partial charge is 0.478 e. The van der Waals surface area contributed by atoms with Crippen molar-refractivity contribution in [1.29, 1.82) is 0 Å². The summed E-state index contributed by atoms with van der Waals surface area (Å²) in [6, 6.07) is 6.17. The summed E-state index contributed by atoms with van der Waals surface area (Å²) in [6.07, 6.45) is 0. The van der Waals surface area contributed by atoms with Gasteiger partial charge in [0.15, 0.2) is 0 Å². The lowest BCUT2D eigenvalue weighted by atomic mass is 10.0. The Balaban J connectivity index is 3.11. The first-order valence-corrected chi connectivity index (χ1v) is 3.88. The van der Waals surface area contributed by atoms with Crippen LogP contribution in [0.2, 0.25) is 0 Å². The Bertz CT molecular complexity index is 311. The van der Waals surface area contributed by atoms with Crippen molar-refractivity contribution in [2.45, 2.75) is 13.0 Å². The highest BCUT2D eigenvalue weighted by atomic mass is 16.5. The number of nitrogens with one attached hydrogen (secondary N) is 1. The second-order valence-electron chi connectivity index (χ2n) is 2.74. The molecule has 70 valence electrons.